The minimum Gasteiger partial charge on any atom is -0.0625 e. The maximum absolute atomic E-state index is 2.46. The van der Waals surface area contributed by atoms with Gasteiger partial charge in [-0.2, -0.15) is 0 Å². The van der Waals surface area contributed by atoms with Crippen LogP contribution >= 0.6 is 0 Å². The molecule has 3 aliphatic carbocycles. The van der Waals surface area contributed by atoms with Crippen LogP contribution in [0.5, 0.6) is 0 Å². The van der Waals surface area contributed by atoms with Crippen LogP contribution in [0, 0.1) is 49.4 Å². The van der Waals surface area contributed by atoms with E-state index in [0.29, 0.717) is 0 Å². The van der Waals surface area contributed by atoms with Gasteiger partial charge in [0.2, 0.25) is 0 Å². The molecular formula is C30H48. The third-order valence-electron chi connectivity index (χ3n) is 9.21. The minimum atomic E-state index is 0.941. The molecule has 0 unspecified atom stereocenters. The highest BCUT2D eigenvalue weighted by Gasteiger charge is 2.29. The maximum Gasteiger partial charge on any atom is -0.0250 e. The summed E-state index contributed by atoms with van der Waals surface area (Å²) in [6.45, 7) is 6.95. The van der Waals surface area contributed by atoms with Crippen LogP contribution in [-0.4, -0.2) is 0 Å². The first-order chi connectivity index (χ1) is 14.5. The van der Waals surface area contributed by atoms with Crippen LogP contribution in [0.15, 0.2) is 18.2 Å². The highest BCUT2D eigenvalue weighted by Crippen LogP contribution is 2.42. The highest BCUT2D eigenvalue weighted by atomic mass is 14.3. The molecule has 0 atom stereocenters. The molecule has 0 aliphatic heterocycles. The lowest BCUT2D eigenvalue weighted by molar-refractivity contribution is 0.166. The molecule has 0 nitrogen and oxygen atoms in total. The summed E-state index contributed by atoms with van der Waals surface area (Å²) in [5.74, 6) is 6.21. The summed E-state index contributed by atoms with van der Waals surface area (Å²) >= 11 is 0. The molecular weight excluding hydrogens is 360 g/mol. The molecule has 4 rings (SSSR count). The zero-order valence-corrected chi connectivity index (χ0v) is 20.3. The van der Waals surface area contributed by atoms with E-state index in [-0.39, 0.29) is 0 Å². The molecule has 30 heavy (non-hydrogen) atoms. The van der Waals surface area contributed by atoms with E-state index >= 15 is 0 Å². The van der Waals surface area contributed by atoms with Gasteiger partial charge in [-0.3, -0.25) is 0 Å². The quantitative estimate of drug-likeness (QED) is 0.440. The largest absolute Gasteiger partial charge is 0.0625 e. The van der Waals surface area contributed by atoms with Gasteiger partial charge in [-0.1, -0.05) is 100 Å². The first kappa shape index (κ1) is 22.4. The van der Waals surface area contributed by atoms with Gasteiger partial charge < -0.3 is 0 Å². The zero-order valence-electron chi connectivity index (χ0n) is 20.3. The van der Waals surface area contributed by atoms with E-state index in [1.165, 1.54) is 68.9 Å². The summed E-state index contributed by atoms with van der Waals surface area (Å²) in [6.07, 6.45) is 22.7. The summed E-state index contributed by atoms with van der Waals surface area (Å²) in [5.41, 5.74) is 4.46. The standard InChI is InChI=1S/C30H48/c1-22-4-6-25(7-5-22)19-26-8-10-27(11-9-26)20-28-12-14-29(15-13-28)21-30-17-23(2)16-24(3)18-30/h16-18,22,25-29H,4-15,19-21H2,1-3H3. The molecule has 3 saturated carbocycles. The summed E-state index contributed by atoms with van der Waals surface area (Å²) in [4.78, 5) is 0. The van der Waals surface area contributed by atoms with E-state index in [1.807, 2.05) is 0 Å². The summed E-state index contributed by atoms with van der Waals surface area (Å²) in [7, 11) is 0. The second kappa shape index (κ2) is 10.7. The van der Waals surface area contributed by atoms with Crippen molar-refractivity contribution in [3.8, 4) is 0 Å². The minimum absolute atomic E-state index is 0.941. The fourth-order valence-electron chi connectivity index (χ4n) is 7.40. The van der Waals surface area contributed by atoms with Gasteiger partial charge in [0.1, 0.15) is 0 Å². The first-order valence-corrected chi connectivity index (χ1v) is 13.6. The van der Waals surface area contributed by atoms with Crippen molar-refractivity contribution >= 4 is 0 Å². The van der Waals surface area contributed by atoms with Crippen molar-refractivity contribution in [2.75, 3.05) is 0 Å². The van der Waals surface area contributed by atoms with Gasteiger partial charge in [0.05, 0.1) is 0 Å². The Morgan fingerprint density at radius 2 is 0.900 bits per heavy atom. The molecule has 3 aliphatic rings. The maximum atomic E-state index is 2.46. The third kappa shape index (κ3) is 6.61. The number of hydrogen-bond acceptors (Lipinski definition) is 0. The predicted molar refractivity (Wildman–Crippen MR) is 131 cm³/mol. The molecule has 0 N–H and O–H groups in total. The van der Waals surface area contributed by atoms with Crippen LogP contribution in [0.1, 0.15) is 114 Å². The van der Waals surface area contributed by atoms with Gasteiger partial charge in [0.15, 0.2) is 0 Å². The normalized spacial score (nSPS) is 35.3. The van der Waals surface area contributed by atoms with Gasteiger partial charge in [-0.15, -0.1) is 0 Å². The summed E-state index contributed by atoms with van der Waals surface area (Å²) in [5, 5.41) is 0. The first-order valence-electron chi connectivity index (χ1n) is 13.6. The second-order valence-electron chi connectivity index (χ2n) is 12.1. The van der Waals surface area contributed by atoms with Crippen LogP contribution in [0.2, 0.25) is 0 Å². The fourth-order valence-corrected chi connectivity index (χ4v) is 7.40. The Morgan fingerprint density at radius 3 is 1.33 bits per heavy atom. The Balaban J connectivity index is 1.13. The van der Waals surface area contributed by atoms with Crippen molar-refractivity contribution < 1.29 is 0 Å². The molecule has 0 heteroatoms. The van der Waals surface area contributed by atoms with E-state index in [9.17, 15) is 0 Å². The SMILES string of the molecule is Cc1cc(C)cc(CC2CCC(CC3CCC(CC4CCC(C)CC4)CC3)CC2)c1. The van der Waals surface area contributed by atoms with Gasteiger partial charge >= 0.3 is 0 Å². The Morgan fingerprint density at radius 1 is 0.533 bits per heavy atom. The van der Waals surface area contributed by atoms with Crippen molar-refractivity contribution in [3.63, 3.8) is 0 Å². The van der Waals surface area contributed by atoms with Crippen molar-refractivity contribution in [3.05, 3.63) is 34.9 Å². The molecule has 0 radical (unpaired) electrons. The van der Waals surface area contributed by atoms with Gasteiger partial charge in [-0.25, -0.2) is 0 Å². The highest BCUT2D eigenvalue weighted by molar-refractivity contribution is 5.28. The number of hydrogen-bond donors (Lipinski definition) is 0. The van der Waals surface area contributed by atoms with Crippen molar-refractivity contribution in [2.24, 2.45) is 35.5 Å². The molecule has 3 fully saturated rings. The molecule has 1 aromatic rings. The lowest BCUT2D eigenvalue weighted by Gasteiger charge is -2.36. The lowest BCUT2D eigenvalue weighted by atomic mass is 9.70. The van der Waals surface area contributed by atoms with E-state index < -0.39 is 0 Å². The zero-order chi connectivity index (χ0) is 20.9. The number of rotatable bonds is 6. The van der Waals surface area contributed by atoms with Gasteiger partial charge in [0.25, 0.3) is 0 Å². The lowest BCUT2D eigenvalue weighted by Crippen LogP contribution is -2.23. The average molecular weight is 409 g/mol. The Hall–Kier alpha value is -0.780. The third-order valence-corrected chi connectivity index (χ3v) is 9.21. The van der Waals surface area contributed by atoms with Crippen molar-refractivity contribution in [2.45, 2.75) is 117 Å². The Labute approximate surface area is 187 Å². The van der Waals surface area contributed by atoms with E-state index in [2.05, 4.69) is 39.0 Å². The topological polar surface area (TPSA) is 0 Å². The Kier molecular flexibility index (Phi) is 7.99. The number of aryl methyl sites for hydroxylation is 2. The molecule has 0 saturated heterocycles. The van der Waals surface area contributed by atoms with Gasteiger partial charge in [0, 0.05) is 0 Å². The molecule has 0 spiro atoms. The molecule has 0 heterocycles. The Bertz CT molecular complexity index is 614. The molecule has 168 valence electrons. The van der Waals surface area contributed by atoms with E-state index in [4.69, 9.17) is 0 Å². The van der Waals surface area contributed by atoms with Crippen LogP contribution in [0.3, 0.4) is 0 Å². The molecule has 0 bridgehead atoms. The molecule has 0 aromatic heterocycles. The van der Waals surface area contributed by atoms with Crippen molar-refractivity contribution in [1.29, 1.82) is 0 Å². The second-order valence-corrected chi connectivity index (χ2v) is 12.1. The number of benzene rings is 1. The smallest absolute Gasteiger partial charge is 0.0250 e. The predicted octanol–water partition coefficient (Wildman–Crippen LogP) is 9.07. The fraction of sp³-hybridized carbons (Fsp3) is 0.800. The average Bonchev–Trinajstić information content (AvgIpc) is 2.72. The van der Waals surface area contributed by atoms with Gasteiger partial charge in [-0.05, 0) is 87.0 Å². The van der Waals surface area contributed by atoms with Crippen LogP contribution in [0.25, 0.3) is 0 Å². The van der Waals surface area contributed by atoms with E-state index in [0.717, 1.165) is 35.5 Å². The van der Waals surface area contributed by atoms with E-state index in [1.54, 1.807) is 44.1 Å². The summed E-state index contributed by atoms with van der Waals surface area (Å²) in [6, 6.07) is 7.15. The summed E-state index contributed by atoms with van der Waals surface area (Å²) < 4.78 is 0. The van der Waals surface area contributed by atoms with Crippen LogP contribution in [0.4, 0.5) is 0 Å². The molecule has 1 aromatic carbocycles. The monoisotopic (exact) mass is 408 g/mol. The molecule has 0 amide bonds. The van der Waals surface area contributed by atoms with Crippen molar-refractivity contribution in [1.82, 2.24) is 0 Å². The van der Waals surface area contributed by atoms with Crippen LogP contribution in [-0.2, 0) is 6.42 Å². The van der Waals surface area contributed by atoms with Crippen LogP contribution < -0.4 is 0 Å².